The van der Waals surface area contributed by atoms with E-state index < -0.39 is 5.91 Å². The maximum absolute atomic E-state index is 12.6. The van der Waals surface area contributed by atoms with Crippen molar-refractivity contribution in [3.05, 3.63) is 39.9 Å². The summed E-state index contributed by atoms with van der Waals surface area (Å²) in [5.74, 6) is -0.155. The second-order valence-corrected chi connectivity index (χ2v) is 7.83. The van der Waals surface area contributed by atoms with Crippen LogP contribution in [0.1, 0.15) is 44.5 Å². The van der Waals surface area contributed by atoms with Gasteiger partial charge in [-0.2, -0.15) is 0 Å². The second kappa shape index (κ2) is 6.94. The van der Waals surface area contributed by atoms with Crippen LogP contribution in [0.5, 0.6) is 0 Å². The van der Waals surface area contributed by atoms with E-state index in [0.29, 0.717) is 27.1 Å². The smallest absolute Gasteiger partial charge is 0.259 e. The van der Waals surface area contributed by atoms with Crippen LogP contribution in [-0.2, 0) is 12.8 Å². The topological polar surface area (TPSA) is 85.1 Å². The molecule has 3 rings (SSSR count). The third kappa shape index (κ3) is 3.18. The fourth-order valence-electron chi connectivity index (χ4n) is 3.00. The third-order valence-corrected chi connectivity index (χ3v) is 6.08. The molecule has 1 aliphatic carbocycles. The van der Waals surface area contributed by atoms with Crippen LogP contribution in [0.25, 0.3) is 0 Å². The molecule has 1 aliphatic rings. The molecule has 0 radical (unpaired) electrons. The highest BCUT2D eigenvalue weighted by Crippen LogP contribution is 2.39. The van der Waals surface area contributed by atoms with E-state index in [4.69, 9.17) is 5.73 Å². The van der Waals surface area contributed by atoms with Crippen molar-refractivity contribution >= 4 is 39.9 Å². The van der Waals surface area contributed by atoms with Crippen molar-refractivity contribution < 1.29 is 9.59 Å². The highest BCUT2D eigenvalue weighted by atomic mass is 32.2. The molecule has 0 aliphatic heterocycles. The van der Waals surface area contributed by atoms with Gasteiger partial charge in [-0.25, -0.2) is 4.98 Å². The number of thiophene rings is 1. The number of nitrogens with zero attached hydrogens (tertiary/aromatic N) is 1. The van der Waals surface area contributed by atoms with Crippen LogP contribution in [0.4, 0.5) is 5.00 Å². The van der Waals surface area contributed by atoms with Gasteiger partial charge < -0.3 is 11.1 Å². The Labute approximate surface area is 149 Å². The SMILES string of the molecule is CSc1ncccc1C(=O)Nc1sc2c(c1C(N)=O)CC[C@@H](C)C2. The molecule has 5 nitrogen and oxygen atoms in total. The molecule has 0 unspecified atom stereocenters. The maximum Gasteiger partial charge on any atom is 0.259 e. The van der Waals surface area contributed by atoms with Crippen molar-refractivity contribution in [2.24, 2.45) is 11.7 Å². The number of carbonyl (C=O) groups is 2. The minimum absolute atomic E-state index is 0.262. The van der Waals surface area contributed by atoms with Gasteiger partial charge in [-0.3, -0.25) is 9.59 Å². The molecular formula is C17H19N3O2S2. The maximum atomic E-state index is 12.6. The van der Waals surface area contributed by atoms with Gasteiger partial charge >= 0.3 is 0 Å². The second-order valence-electron chi connectivity index (χ2n) is 5.93. The number of rotatable bonds is 4. The van der Waals surface area contributed by atoms with Crippen molar-refractivity contribution in [2.45, 2.75) is 31.2 Å². The average Bonchev–Trinajstić information content (AvgIpc) is 2.91. The summed E-state index contributed by atoms with van der Waals surface area (Å²) in [4.78, 5) is 29.9. The minimum Gasteiger partial charge on any atom is -0.365 e. The summed E-state index contributed by atoms with van der Waals surface area (Å²) in [6.07, 6.45) is 6.34. The van der Waals surface area contributed by atoms with E-state index in [0.717, 1.165) is 29.7 Å². The molecule has 0 spiro atoms. The minimum atomic E-state index is -0.478. The molecule has 7 heteroatoms. The fraction of sp³-hybridized carbons (Fsp3) is 0.353. The van der Waals surface area contributed by atoms with Gasteiger partial charge in [0.15, 0.2) is 0 Å². The molecule has 0 bridgehead atoms. The predicted octanol–water partition coefficient (Wildman–Crippen LogP) is 3.34. The first kappa shape index (κ1) is 17.0. The molecule has 0 fully saturated rings. The molecular weight excluding hydrogens is 342 g/mol. The molecule has 2 heterocycles. The third-order valence-electron chi connectivity index (χ3n) is 4.19. The van der Waals surface area contributed by atoms with Gasteiger partial charge in [-0.05, 0) is 49.1 Å². The number of amides is 2. The summed E-state index contributed by atoms with van der Waals surface area (Å²) >= 11 is 2.88. The largest absolute Gasteiger partial charge is 0.365 e. The van der Waals surface area contributed by atoms with Crippen LogP contribution in [0.15, 0.2) is 23.4 Å². The van der Waals surface area contributed by atoms with E-state index in [1.165, 1.54) is 23.1 Å². The summed E-state index contributed by atoms with van der Waals surface area (Å²) in [6, 6.07) is 3.46. The standard InChI is InChI=1S/C17H19N3O2S2/c1-9-5-6-10-12(8-9)24-17(13(10)14(18)21)20-15(22)11-4-3-7-19-16(11)23-2/h3-4,7,9H,5-6,8H2,1-2H3,(H2,18,21)(H,20,22)/t9-/m1/s1. The average molecular weight is 361 g/mol. The molecule has 2 aromatic rings. The zero-order valence-electron chi connectivity index (χ0n) is 13.6. The van der Waals surface area contributed by atoms with Gasteiger partial charge in [-0.15, -0.1) is 23.1 Å². The number of hydrogen-bond acceptors (Lipinski definition) is 5. The zero-order chi connectivity index (χ0) is 17.3. The molecule has 2 aromatic heterocycles. The van der Waals surface area contributed by atoms with Gasteiger partial charge in [0.25, 0.3) is 11.8 Å². The van der Waals surface area contributed by atoms with Crippen molar-refractivity contribution in [1.82, 2.24) is 4.98 Å². The van der Waals surface area contributed by atoms with Crippen molar-refractivity contribution in [3.8, 4) is 0 Å². The van der Waals surface area contributed by atoms with Gasteiger partial charge in [0, 0.05) is 11.1 Å². The van der Waals surface area contributed by atoms with E-state index >= 15 is 0 Å². The normalized spacial score (nSPS) is 16.5. The summed E-state index contributed by atoms with van der Waals surface area (Å²) < 4.78 is 0. The number of hydrogen-bond donors (Lipinski definition) is 2. The number of carbonyl (C=O) groups excluding carboxylic acids is 2. The van der Waals surface area contributed by atoms with Crippen LogP contribution in [-0.4, -0.2) is 23.1 Å². The Morgan fingerprint density at radius 3 is 2.96 bits per heavy atom. The summed E-state index contributed by atoms with van der Waals surface area (Å²) in [7, 11) is 0. The Morgan fingerprint density at radius 1 is 1.46 bits per heavy atom. The summed E-state index contributed by atoms with van der Waals surface area (Å²) in [6.45, 7) is 2.20. The lowest BCUT2D eigenvalue weighted by atomic mass is 9.88. The summed E-state index contributed by atoms with van der Waals surface area (Å²) in [5.41, 5.74) is 7.58. The summed E-state index contributed by atoms with van der Waals surface area (Å²) in [5, 5.41) is 4.10. The molecule has 3 N–H and O–H groups in total. The lowest BCUT2D eigenvalue weighted by Crippen LogP contribution is -2.19. The van der Waals surface area contributed by atoms with Crippen LogP contribution in [0, 0.1) is 5.92 Å². The van der Waals surface area contributed by atoms with Crippen LogP contribution >= 0.6 is 23.1 Å². The highest BCUT2D eigenvalue weighted by molar-refractivity contribution is 7.98. The van der Waals surface area contributed by atoms with Gasteiger partial charge in [0.05, 0.1) is 11.1 Å². The predicted molar refractivity (Wildman–Crippen MR) is 98.0 cm³/mol. The molecule has 0 saturated heterocycles. The lowest BCUT2D eigenvalue weighted by Gasteiger charge is -2.18. The Balaban J connectivity index is 1.95. The van der Waals surface area contributed by atoms with Gasteiger partial charge in [0.2, 0.25) is 0 Å². The number of aromatic nitrogens is 1. The number of pyridine rings is 1. The number of fused-ring (bicyclic) bond motifs is 1. The van der Waals surface area contributed by atoms with E-state index in [2.05, 4.69) is 17.2 Å². The van der Waals surface area contributed by atoms with Crippen molar-refractivity contribution in [2.75, 3.05) is 11.6 Å². The number of primary amides is 1. The number of anilines is 1. The Morgan fingerprint density at radius 2 is 2.25 bits per heavy atom. The van der Waals surface area contributed by atoms with Crippen molar-refractivity contribution in [1.29, 1.82) is 0 Å². The highest BCUT2D eigenvalue weighted by Gasteiger charge is 2.27. The Kier molecular flexibility index (Phi) is 4.91. The Bertz CT molecular complexity index is 801. The van der Waals surface area contributed by atoms with Gasteiger partial charge in [0.1, 0.15) is 10.0 Å². The molecule has 1 atom stereocenters. The number of thioether (sulfide) groups is 1. The van der Waals surface area contributed by atoms with E-state index in [-0.39, 0.29) is 5.91 Å². The lowest BCUT2D eigenvalue weighted by molar-refractivity contribution is 0.1000. The van der Waals surface area contributed by atoms with E-state index in [1.807, 2.05) is 6.26 Å². The first-order chi connectivity index (χ1) is 11.5. The fourth-order valence-corrected chi connectivity index (χ4v) is 4.95. The van der Waals surface area contributed by atoms with Crippen LogP contribution in [0.2, 0.25) is 0 Å². The molecule has 126 valence electrons. The zero-order valence-corrected chi connectivity index (χ0v) is 15.2. The van der Waals surface area contributed by atoms with E-state index in [9.17, 15) is 9.59 Å². The van der Waals surface area contributed by atoms with Crippen LogP contribution < -0.4 is 11.1 Å². The molecule has 24 heavy (non-hydrogen) atoms. The first-order valence-corrected chi connectivity index (χ1v) is 9.80. The number of nitrogens with two attached hydrogens (primary N) is 1. The number of nitrogens with one attached hydrogen (secondary N) is 1. The van der Waals surface area contributed by atoms with Gasteiger partial charge in [-0.1, -0.05) is 6.92 Å². The van der Waals surface area contributed by atoms with Crippen molar-refractivity contribution in [3.63, 3.8) is 0 Å². The monoisotopic (exact) mass is 361 g/mol. The van der Waals surface area contributed by atoms with E-state index in [1.54, 1.807) is 18.3 Å². The molecule has 0 saturated carbocycles. The quantitative estimate of drug-likeness (QED) is 0.818. The Hall–Kier alpha value is -1.86. The molecule has 2 amide bonds. The first-order valence-electron chi connectivity index (χ1n) is 7.76. The molecule has 0 aromatic carbocycles. The van der Waals surface area contributed by atoms with Crippen LogP contribution in [0.3, 0.4) is 0 Å².